The van der Waals surface area contributed by atoms with Crippen LogP contribution in [0.25, 0.3) is 12.2 Å². The van der Waals surface area contributed by atoms with E-state index in [9.17, 15) is 14.4 Å². The Hall–Kier alpha value is -7.03. The summed E-state index contributed by atoms with van der Waals surface area (Å²) in [4.78, 5) is 50.2. The van der Waals surface area contributed by atoms with E-state index in [1.54, 1.807) is 12.1 Å². The number of carbonyl (C=O) groups is 3. The lowest BCUT2D eigenvalue weighted by Crippen LogP contribution is -2.27. The van der Waals surface area contributed by atoms with Gasteiger partial charge in [0, 0.05) is 34.0 Å². The molecule has 0 bridgehead atoms. The van der Waals surface area contributed by atoms with Crippen LogP contribution in [0.2, 0.25) is 0 Å². The molecule has 0 aromatic heterocycles. The van der Waals surface area contributed by atoms with Gasteiger partial charge in [-0.25, -0.2) is 4.79 Å². The summed E-state index contributed by atoms with van der Waals surface area (Å²) >= 11 is 0. The second-order valence-corrected chi connectivity index (χ2v) is 17.9. The third-order valence-electron chi connectivity index (χ3n) is 12.3. The minimum atomic E-state index is -0.480. The van der Waals surface area contributed by atoms with E-state index in [0.717, 1.165) is 40.8 Å². The van der Waals surface area contributed by atoms with Crippen LogP contribution in [0, 0.1) is 13.8 Å². The Labute approximate surface area is 369 Å². The summed E-state index contributed by atoms with van der Waals surface area (Å²) < 4.78 is 5.93. The standard InChI is InChI=1S/C55H52N2O6/c1-36-12-7-9-15-44(36)51(59)56-40-22-17-38(18-23-40)14-11-31-61-63-43-27-29-47-49(33-43)55(35-54(47,5)6)34-53(3,4)46-28-26-42(32-48(46)55)62-50(58)30-21-39-19-24-41(25-20-39)57-52(60)45-16-10-8-13-37(45)2/h7-30,32-33H,31,34-35H2,1-6H3,(H,56,59)(H,57,60)/b14-11+,30-21+. The molecule has 8 rings (SSSR count). The Morgan fingerprint density at radius 1 is 0.571 bits per heavy atom. The quantitative estimate of drug-likeness (QED) is 0.0318. The van der Waals surface area contributed by atoms with Crippen molar-refractivity contribution in [3.63, 3.8) is 0 Å². The summed E-state index contributed by atoms with van der Waals surface area (Å²) in [7, 11) is 0. The zero-order chi connectivity index (χ0) is 44.4. The van der Waals surface area contributed by atoms with Crippen molar-refractivity contribution in [2.24, 2.45) is 0 Å². The molecule has 2 N–H and O–H groups in total. The molecule has 1 atom stereocenters. The predicted octanol–water partition coefficient (Wildman–Crippen LogP) is 12.1. The molecular formula is C55H52N2O6. The van der Waals surface area contributed by atoms with E-state index in [4.69, 9.17) is 14.5 Å². The van der Waals surface area contributed by atoms with Crippen molar-refractivity contribution >= 4 is 41.3 Å². The SMILES string of the molecule is Cc1ccccc1C(=O)Nc1ccc(/C=C/COOc2ccc3c(c2)C2(CC3(C)C)CC(C)(C)c3ccc(OC(=O)/C=C/c4ccc(NC(=O)c5ccccc5C)cc4)cc32)cc1. The molecule has 0 radical (unpaired) electrons. The fourth-order valence-corrected chi connectivity index (χ4v) is 9.47. The summed E-state index contributed by atoms with van der Waals surface area (Å²) in [6, 6.07) is 42.2. The lowest BCUT2D eigenvalue weighted by molar-refractivity contribution is -0.195. The van der Waals surface area contributed by atoms with Crippen LogP contribution in [0.1, 0.15) is 106 Å². The monoisotopic (exact) mass is 836 g/mol. The molecule has 318 valence electrons. The topological polar surface area (TPSA) is 103 Å². The number of nitrogens with one attached hydrogen (secondary N) is 2. The second kappa shape index (κ2) is 17.4. The number of aryl methyl sites for hydroxylation is 2. The van der Waals surface area contributed by atoms with Crippen molar-refractivity contribution < 1.29 is 28.9 Å². The maximum Gasteiger partial charge on any atom is 0.336 e. The molecule has 0 fully saturated rings. The molecule has 0 heterocycles. The first-order chi connectivity index (χ1) is 30.2. The number of ether oxygens (including phenoxy) is 1. The molecule has 2 aliphatic carbocycles. The van der Waals surface area contributed by atoms with Gasteiger partial charge in [0.05, 0.1) is 0 Å². The minimum absolute atomic E-state index is 0.109. The first-order valence-corrected chi connectivity index (χ1v) is 21.3. The highest BCUT2D eigenvalue weighted by atomic mass is 17.2. The Balaban J connectivity index is 0.912. The van der Waals surface area contributed by atoms with Gasteiger partial charge in [0.2, 0.25) is 0 Å². The number of anilines is 2. The highest BCUT2D eigenvalue weighted by Gasteiger charge is 2.56. The van der Waals surface area contributed by atoms with Crippen LogP contribution < -0.4 is 20.3 Å². The summed E-state index contributed by atoms with van der Waals surface area (Å²) in [5, 5.41) is 5.90. The van der Waals surface area contributed by atoms with Gasteiger partial charge in [-0.15, -0.1) is 0 Å². The third kappa shape index (κ3) is 9.13. The molecule has 0 saturated heterocycles. The zero-order valence-corrected chi connectivity index (χ0v) is 36.6. The Morgan fingerprint density at radius 3 is 1.57 bits per heavy atom. The Morgan fingerprint density at radius 2 is 1.05 bits per heavy atom. The van der Waals surface area contributed by atoms with E-state index in [0.29, 0.717) is 28.3 Å². The van der Waals surface area contributed by atoms with Crippen molar-refractivity contribution in [3.05, 3.63) is 201 Å². The first-order valence-electron chi connectivity index (χ1n) is 21.3. The van der Waals surface area contributed by atoms with Gasteiger partial charge < -0.3 is 20.3 Å². The van der Waals surface area contributed by atoms with Crippen LogP contribution >= 0.6 is 0 Å². The lowest BCUT2D eigenvalue weighted by Gasteiger charge is -2.30. The highest BCUT2D eigenvalue weighted by molar-refractivity contribution is 6.06. The molecule has 0 aliphatic heterocycles. The number of hydrogen-bond acceptors (Lipinski definition) is 6. The number of fused-ring (bicyclic) bond motifs is 4. The van der Waals surface area contributed by atoms with E-state index < -0.39 is 5.97 Å². The van der Waals surface area contributed by atoms with Crippen LogP contribution in [0.5, 0.6) is 11.5 Å². The van der Waals surface area contributed by atoms with E-state index >= 15 is 0 Å². The van der Waals surface area contributed by atoms with Crippen LogP contribution in [0.15, 0.2) is 146 Å². The third-order valence-corrected chi connectivity index (χ3v) is 12.3. The number of benzene rings is 6. The molecular weight excluding hydrogens is 785 g/mol. The molecule has 1 spiro atoms. The number of amides is 2. The van der Waals surface area contributed by atoms with E-state index in [1.807, 2.05) is 135 Å². The van der Waals surface area contributed by atoms with Crippen molar-refractivity contribution in [1.29, 1.82) is 0 Å². The van der Waals surface area contributed by atoms with Gasteiger partial charge in [-0.2, -0.15) is 4.89 Å². The Bertz CT molecular complexity index is 2760. The second-order valence-electron chi connectivity index (χ2n) is 17.9. The average molecular weight is 837 g/mol. The van der Waals surface area contributed by atoms with Crippen LogP contribution in [0.3, 0.4) is 0 Å². The summed E-state index contributed by atoms with van der Waals surface area (Å²) in [5.74, 6) is 0.322. The van der Waals surface area contributed by atoms with Crippen LogP contribution in [-0.2, 0) is 25.9 Å². The zero-order valence-electron chi connectivity index (χ0n) is 36.6. The molecule has 6 aromatic carbocycles. The van der Waals surface area contributed by atoms with E-state index in [2.05, 4.69) is 56.5 Å². The van der Waals surface area contributed by atoms with Crippen molar-refractivity contribution in [3.8, 4) is 11.5 Å². The molecule has 1 unspecified atom stereocenters. The van der Waals surface area contributed by atoms with Gasteiger partial charge in [0.15, 0.2) is 5.75 Å². The molecule has 8 nitrogen and oxygen atoms in total. The van der Waals surface area contributed by atoms with Gasteiger partial charge in [-0.05, 0) is 149 Å². The maximum atomic E-state index is 13.2. The fourth-order valence-electron chi connectivity index (χ4n) is 9.47. The van der Waals surface area contributed by atoms with Crippen LogP contribution in [-0.4, -0.2) is 24.4 Å². The normalized spacial score (nSPS) is 16.8. The predicted molar refractivity (Wildman–Crippen MR) is 250 cm³/mol. The first kappa shape index (κ1) is 42.7. The fraction of sp³-hybridized carbons (Fsp3) is 0.218. The summed E-state index contributed by atoms with van der Waals surface area (Å²) in [6.45, 7) is 13.2. The summed E-state index contributed by atoms with van der Waals surface area (Å²) in [5.41, 5.74) is 10.6. The number of rotatable bonds is 12. The number of esters is 1. The van der Waals surface area contributed by atoms with E-state index in [1.165, 1.54) is 28.3 Å². The van der Waals surface area contributed by atoms with E-state index in [-0.39, 0.29) is 34.7 Å². The van der Waals surface area contributed by atoms with Gasteiger partial charge in [-0.3, -0.25) is 9.59 Å². The molecule has 2 aliphatic rings. The number of hydrogen-bond donors (Lipinski definition) is 2. The number of carbonyl (C=O) groups excluding carboxylic acids is 3. The van der Waals surface area contributed by atoms with Crippen molar-refractivity contribution in [2.45, 2.75) is 70.6 Å². The molecule has 2 amide bonds. The van der Waals surface area contributed by atoms with Crippen LogP contribution in [0.4, 0.5) is 11.4 Å². The average Bonchev–Trinajstić information content (AvgIpc) is 3.62. The molecule has 6 aromatic rings. The lowest BCUT2D eigenvalue weighted by atomic mass is 9.72. The highest BCUT2D eigenvalue weighted by Crippen LogP contribution is 2.63. The van der Waals surface area contributed by atoms with Gasteiger partial charge in [-0.1, -0.05) is 113 Å². The minimum Gasteiger partial charge on any atom is -0.423 e. The maximum absolute atomic E-state index is 13.2. The van der Waals surface area contributed by atoms with Crippen molar-refractivity contribution in [1.82, 2.24) is 0 Å². The van der Waals surface area contributed by atoms with Gasteiger partial charge in [0.25, 0.3) is 11.8 Å². The smallest absolute Gasteiger partial charge is 0.336 e. The van der Waals surface area contributed by atoms with Gasteiger partial charge >= 0.3 is 5.97 Å². The molecule has 8 heteroatoms. The molecule has 63 heavy (non-hydrogen) atoms. The molecule has 0 saturated carbocycles. The van der Waals surface area contributed by atoms with Crippen molar-refractivity contribution in [2.75, 3.05) is 17.2 Å². The largest absolute Gasteiger partial charge is 0.423 e. The summed E-state index contributed by atoms with van der Waals surface area (Å²) in [6.07, 6.45) is 8.75. The van der Waals surface area contributed by atoms with Gasteiger partial charge in [0.1, 0.15) is 12.4 Å². The Kier molecular flexibility index (Phi) is 11.8.